The van der Waals surface area contributed by atoms with E-state index in [4.69, 9.17) is 9.47 Å². The van der Waals surface area contributed by atoms with Crippen LogP contribution in [0.25, 0.3) is 0 Å². The third-order valence-corrected chi connectivity index (χ3v) is 4.27. The summed E-state index contributed by atoms with van der Waals surface area (Å²) in [5.41, 5.74) is 2.54. The van der Waals surface area contributed by atoms with Crippen LogP contribution in [0.3, 0.4) is 0 Å². The van der Waals surface area contributed by atoms with Crippen LogP contribution in [0.15, 0.2) is 72.8 Å². The molecule has 0 fully saturated rings. The zero-order chi connectivity index (χ0) is 22.9. The number of rotatable bonds is 6. The van der Waals surface area contributed by atoms with E-state index < -0.39 is 11.9 Å². The van der Waals surface area contributed by atoms with E-state index in [1.54, 1.807) is 38.1 Å². The van der Waals surface area contributed by atoms with E-state index in [2.05, 4.69) is 40.9 Å². The Morgan fingerprint density at radius 1 is 0.733 bits per heavy atom. The van der Waals surface area contributed by atoms with E-state index in [1.807, 2.05) is 24.3 Å². The number of benzene rings is 2. The number of carbonyl (C=O) groups is 2. The van der Waals surface area contributed by atoms with Crippen molar-refractivity contribution in [2.24, 2.45) is 0 Å². The van der Waals surface area contributed by atoms with Gasteiger partial charge in [-0.3, -0.25) is 0 Å². The zero-order valence-corrected chi connectivity index (χ0v) is 18.9. The van der Waals surface area contributed by atoms with E-state index in [0.29, 0.717) is 22.6 Å². The average molecular weight is 409 g/mol. The summed E-state index contributed by atoms with van der Waals surface area (Å²) in [5.74, 6) is 0.0676. The van der Waals surface area contributed by atoms with Gasteiger partial charge in [0.1, 0.15) is 11.5 Å². The maximum atomic E-state index is 11.6. The summed E-state index contributed by atoms with van der Waals surface area (Å²) >= 11 is 0. The molecule has 2 aromatic rings. The number of hydrogen-bond acceptors (Lipinski definition) is 4. The van der Waals surface area contributed by atoms with Gasteiger partial charge in [-0.25, -0.2) is 9.59 Å². The maximum Gasteiger partial charge on any atom is 0.338 e. The molecule has 0 bridgehead atoms. The van der Waals surface area contributed by atoms with Gasteiger partial charge < -0.3 is 9.47 Å². The SMILES string of the molecule is C=C(C)C(=O)Oc1ccc(C(C)(C)c2ccc(OC(=O)C(=C)C)cc2)cc1.CCC. The van der Waals surface area contributed by atoms with Crippen molar-refractivity contribution in [1.29, 1.82) is 0 Å². The summed E-state index contributed by atoms with van der Waals surface area (Å²) < 4.78 is 10.5. The highest BCUT2D eigenvalue weighted by Gasteiger charge is 2.23. The highest BCUT2D eigenvalue weighted by Crippen LogP contribution is 2.33. The van der Waals surface area contributed by atoms with Gasteiger partial charge in [-0.2, -0.15) is 0 Å². The lowest BCUT2D eigenvalue weighted by Gasteiger charge is -2.26. The largest absolute Gasteiger partial charge is 0.423 e. The van der Waals surface area contributed by atoms with Gasteiger partial charge in [-0.1, -0.05) is 71.5 Å². The van der Waals surface area contributed by atoms with Crippen LogP contribution in [-0.4, -0.2) is 11.9 Å². The molecule has 0 saturated heterocycles. The number of hydrogen-bond donors (Lipinski definition) is 0. The molecular formula is C26H32O4. The molecule has 0 radical (unpaired) electrons. The normalized spacial score (nSPS) is 10.3. The summed E-state index contributed by atoms with van der Waals surface area (Å²) in [7, 11) is 0. The first kappa shape index (κ1) is 24.9. The highest BCUT2D eigenvalue weighted by atomic mass is 16.5. The van der Waals surface area contributed by atoms with Gasteiger partial charge in [0.15, 0.2) is 0 Å². The van der Waals surface area contributed by atoms with Crippen molar-refractivity contribution < 1.29 is 19.1 Å². The van der Waals surface area contributed by atoms with Crippen LogP contribution in [0, 0.1) is 0 Å². The van der Waals surface area contributed by atoms with Crippen LogP contribution in [-0.2, 0) is 15.0 Å². The Hall–Kier alpha value is -3.14. The fraction of sp³-hybridized carbons (Fsp3) is 0.308. The first-order valence-electron chi connectivity index (χ1n) is 9.99. The molecule has 0 N–H and O–H groups in total. The fourth-order valence-corrected chi connectivity index (χ4v) is 2.43. The van der Waals surface area contributed by atoms with E-state index in [1.165, 1.54) is 6.42 Å². The highest BCUT2D eigenvalue weighted by molar-refractivity contribution is 5.89. The summed E-state index contributed by atoms with van der Waals surface area (Å²) in [5, 5.41) is 0. The molecule has 0 atom stereocenters. The molecule has 0 spiro atoms. The molecule has 0 aliphatic rings. The molecule has 0 aromatic heterocycles. The number of esters is 2. The van der Waals surface area contributed by atoms with Gasteiger partial charge in [-0.15, -0.1) is 0 Å². The first-order chi connectivity index (χ1) is 14.0. The van der Waals surface area contributed by atoms with Crippen molar-refractivity contribution in [2.75, 3.05) is 0 Å². The van der Waals surface area contributed by atoms with Crippen molar-refractivity contribution >= 4 is 11.9 Å². The van der Waals surface area contributed by atoms with Crippen molar-refractivity contribution in [2.45, 2.75) is 53.4 Å². The number of ether oxygens (including phenoxy) is 2. The van der Waals surface area contributed by atoms with Crippen molar-refractivity contribution in [3.05, 3.63) is 84.0 Å². The third kappa shape index (κ3) is 7.03. The molecule has 2 aromatic carbocycles. The van der Waals surface area contributed by atoms with Crippen LogP contribution < -0.4 is 9.47 Å². The van der Waals surface area contributed by atoms with Crippen molar-refractivity contribution in [1.82, 2.24) is 0 Å². The van der Waals surface area contributed by atoms with E-state index in [9.17, 15) is 9.59 Å². The molecule has 0 unspecified atom stereocenters. The number of carbonyl (C=O) groups excluding carboxylic acids is 2. The van der Waals surface area contributed by atoms with Crippen molar-refractivity contribution in [3.8, 4) is 11.5 Å². The van der Waals surface area contributed by atoms with Crippen LogP contribution in [0.2, 0.25) is 0 Å². The van der Waals surface area contributed by atoms with E-state index in [0.717, 1.165) is 11.1 Å². The second kappa shape index (κ2) is 11.1. The lowest BCUT2D eigenvalue weighted by atomic mass is 9.78. The molecule has 0 aliphatic carbocycles. The molecule has 0 aliphatic heterocycles. The van der Waals surface area contributed by atoms with Crippen LogP contribution >= 0.6 is 0 Å². The summed E-state index contributed by atoms with van der Waals surface area (Å²) in [6, 6.07) is 14.8. The van der Waals surface area contributed by atoms with Gasteiger partial charge in [-0.05, 0) is 49.2 Å². The summed E-state index contributed by atoms with van der Waals surface area (Å²) in [6.07, 6.45) is 1.25. The summed E-state index contributed by atoms with van der Waals surface area (Å²) in [4.78, 5) is 23.2. The lowest BCUT2D eigenvalue weighted by molar-refractivity contribution is -0.130. The predicted molar refractivity (Wildman–Crippen MR) is 122 cm³/mol. The Labute approximate surface area is 180 Å². The van der Waals surface area contributed by atoms with Gasteiger partial charge in [0.25, 0.3) is 0 Å². The molecule has 0 heterocycles. The van der Waals surface area contributed by atoms with Gasteiger partial charge in [0.05, 0.1) is 0 Å². The minimum atomic E-state index is -0.443. The lowest BCUT2D eigenvalue weighted by Crippen LogP contribution is -2.19. The second-order valence-corrected chi connectivity index (χ2v) is 7.72. The molecule has 160 valence electrons. The Morgan fingerprint density at radius 2 is 1.00 bits per heavy atom. The van der Waals surface area contributed by atoms with Crippen molar-refractivity contribution in [3.63, 3.8) is 0 Å². The Balaban J connectivity index is 0.00000141. The van der Waals surface area contributed by atoms with Crippen LogP contribution in [0.1, 0.15) is 59.1 Å². The Bertz CT molecular complexity index is 814. The minimum absolute atomic E-state index is 0.284. The third-order valence-electron chi connectivity index (χ3n) is 4.27. The molecule has 2 rings (SSSR count). The molecule has 0 saturated carbocycles. The molecular weight excluding hydrogens is 376 g/mol. The first-order valence-corrected chi connectivity index (χ1v) is 9.99. The van der Waals surface area contributed by atoms with Crippen LogP contribution in [0.5, 0.6) is 11.5 Å². The Morgan fingerprint density at radius 3 is 1.23 bits per heavy atom. The minimum Gasteiger partial charge on any atom is -0.423 e. The zero-order valence-electron chi connectivity index (χ0n) is 18.9. The van der Waals surface area contributed by atoms with E-state index in [-0.39, 0.29) is 5.41 Å². The maximum absolute atomic E-state index is 11.6. The average Bonchev–Trinajstić information content (AvgIpc) is 2.69. The van der Waals surface area contributed by atoms with Gasteiger partial charge >= 0.3 is 11.9 Å². The monoisotopic (exact) mass is 408 g/mol. The molecule has 30 heavy (non-hydrogen) atoms. The standard InChI is InChI=1S/C23H24O4.C3H8/c1-15(2)21(24)26-19-11-7-17(8-12-19)23(5,6)18-9-13-20(14-10-18)27-22(25)16(3)4;1-3-2/h7-14H,1,3H2,2,4-6H3;3H2,1-2H3. The van der Waals surface area contributed by atoms with E-state index >= 15 is 0 Å². The van der Waals surface area contributed by atoms with Gasteiger partial charge in [0, 0.05) is 16.6 Å². The van der Waals surface area contributed by atoms with Crippen LogP contribution in [0.4, 0.5) is 0 Å². The summed E-state index contributed by atoms with van der Waals surface area (Å²) in [6.45, 7) is 18.8. The van der Waals surface area contributed by atoms with Gasteiger partial charge in [0.2, 0.25) is 0 Å². The fourth-order valence-electron chi connectivity index (χ4n) is 2.43. The Kier molecular flexibility index (Phi) is 9.25. The molecule has 4 nitrogen and oxygen atoms in total. The predicted octanol–water partition coefficient (Wildman–Crippen LogP) is 6.39. The second-order valence-electron chi connectivity index (χ2n) is 7.72. The molecule has 4 heteroatoms. The molecule has 0 amide bonds. The topological polar surface area (TPSA) is 52.6 Å². The smallest absolute Gasteiger partial charge is 0.338 e. The quantitative estimate of drug-likeness (QED) is 0.316.